The second kappa shape index (κ2) is 9.78. The Morgan fingerprint density at radius 1 is 1.12 bits per heavy atom. The van der Waals surface area contributed by atoms with Crippen LogP contribution in [0.15, 0.2) is 48.5 Å². The minimum absolute atomic E-state index is 0.114. The maximum Gasteiger partial charge on any atom is 0.414 e. The van der Waals surface area contributed by atoms with E-state index in [1.54, 1.807) is 30.3 Å². The van der Waals surface area contributed by atoms with Gasteiger partial charge in [0, 0.05) is 19.2 Å². The zero-order valence-electron chi connectivity index (χ0n) is 17.3. The molecule has 32 heavy (non-hydrogen) atoms. The molecule has 2 amide bonds. The number of rotatable bonds is 6. The van der Waals surface area contributed by atoms with Crippen LogP contribution in [0.4, 0.5) is 25.0 Å². The number of halogens is 2. The highest BCUT2D eigenvalue weighted by Crippen LogP contribution is 2.28. The van der Waals surface area contributed by atoms with Gasteiger partial charge in [-0.1, -0.05) is 12.1 Å². The highest BCUT2D eigenvalue weighted by Gasteiger charge is 2.33. The molecule has 0 bridgehead atoms. The highest BCUT2D eigenvalue weighted by atomic mass is 19.1. The first kappa shape index (κ1) is 21.8. The SMILES string of the molecule is O=C(C=Cc1ccc(F)cc1)NCC1CN(c2ccc(N3CCOCC3)c(F)c2)C(=O)O1. The van der Waals surface area contributed by atoms with Crippen molar-refractivity contribution < 1.29 is 27.8 Å². The van der Waals surface area contributed by atoms with Crippen molar-refractivity contribution in [3.8, 4) is 0 Å². The summed E-state index contributed by atoms with van der Waals surface area (Å²) in [5.74, 6) is -1.14. The van der Waals surface area contributed by atoms with Crippen LogP contribution in [-0.2, 0) is 14.3 Å². The van der Waals surface area contributed by atoms with Crippen LogP contribution in [0, 0.1) is 11.6 Å². The van der Waals surface area contributed by atoms with E-state index >= 15 is 0 Å². The second-order valence-electron chi connectivity index (χ2n) is 7.48. The van der Waals surface area contributed by atoms with E-state index in [1.807, 2.05) is 4.90 Å². The quantitative estimate of drug-likeness (QED) is 0.696. The summed E-state index contributed by atoms with van der Waals surface area (Å²) in [7, 11) is 0. The molecule has 2 aliphatic heterocycles. The summed E-state index contributed by atoms with van der Waals surface area (Å²) in [5, 5.41) is 2.67. The Bertz CT molecular complexity index is 1010. The Labute approximate surface area is 184 Å². The maximum atomic E-state index is 14.7. The molecule has 9 heteroatoms. The average molecular weight is 443 g/mol. The molecule has 2 fully saturated rings. The number of hydrogen-bond donors (Lipinski definition) is 1. The molecule has 0 saturated carbocycles. The number of nitrogens with one attached hydrogen (secondary N) is 1. The van der Waals surface area contributed by atoms with Gasteiger partial charge in [0.15, 0.2) is 0 Å². The third kappa shape index (κ3) is 5.23. The second-order valence-corrected chi connectivity index (χ2v) is 7.48. The fraction of sp³-hybridized carbons (Fsp3) is 0.304. The highest BCUT2D eigenvalue weighted by molar-refractivity contribution is 5.92. The van der Waals surface area contributed by atoms with Crippen LogP contribution in [-0.4, -0.2) is 57.5 Å². The molecule has 1 atom stereocenters. The predicted molar refractivity (Wildman–Crippen MR) is 115 cm³/mol. The van der Waals surface area contributed by atoms with Crippen molar-refractivity contribution in [1.82, 2.24) is 5.32 Å². The van der Waals surface area contributed by atoms with Crippen LogP contribution in [0.25, 0.3) is 6.08 Å². The zero-order valence-corrected chi connectivity index (χ0v) is 17.3. The van der Waals surface area contributed by atoms with Gasteiger partial charge in [-0.15, -0.1) is 0 Å². The lowest BCUT2D eigenvalue weighted by atomic mass is 10.2. The summed E-state index contributed by atoms with van der Waals surface area (Å²) in [6.07, 6.45) is 1.72. The first-order valence-electron chi connectivity index (χ1n) is 10.3. The van der Waals surface area contributed by atoms with Crippen molar-refractivity contribution in [3.63, 3.8) is 0 Å². The molecule has 0 spiro atoms. The van der Waals surface area contributed by atoms with Crippen molar-refractivity contribution >= 4 is 29.5 Å². The zero-order chi connectivity index (χ0) is 22.5. The fourth-order valence-electron chi connectivity index (χ4n) is 3.58. The van der Waals surface area contributed by atoms with Gasteiger partial charge in [0.1, 0.15) is 17.7 Å². The molecule has 2 aromatic rings. The summed E-state index contributed by atoms with van der Waals surface area (Å²) in [6.45, 7) is 2.62. The fourth-order valence-corrected chi connectivity index (χ4v) is 3.58. The molecule has 1 N–H and O–H groups in total. The van der Waals surface area contributed by atoms with Gasteiger partial charge in [0.25, 0.3) is 0 Å². The van der Waals surface area contributed by atoms with Gasteiger partial charge in [0.2, 0.25) is 5.91 Å². The Balaban J connectivity index is 1.31. The molecule has 0 radical (unpaired) electrons. The average Bonchev–Trinajstić information content (AvgIpc) is 3.18. The van der Waals surface area contributed by atoms with E-state index in [0.29, 0.717) is 43.2 Å². The van der Waals surface area contributed by atoms with Crippen LogP contribution >= 0.6 is 0 Å². The Morgan fingerprint density at radius 2 is 1.88 bits per heavy atom. The minimum atomic E-state index is -0.593. The van der Waals surface area contributed by atoms with Gasteiger partial charge in [0.05, 0.1) is 37.7 Å². The topological polar surface area (TPSA) is 71.1 Å². The normalized spacial score (nSPS) is 18.8. The number of nitrogens with zero attached hydrogens (tertiary/aromatic N) is 2. The molecule has 2 heterocycles. The molecule has 0 aromatic heterocycles. The predicted octanol–water partition coefficient (Wildman–Crippen LogP) is 2.96. The first-order chi connectivity index (χ1) is 15.5. The van der Waals surface area contributed by atoms with Crippen LogP contribution < -0.4 is 15.1 Å². The molecule has 7 nitrogen and oxygen atoms in total. The van der Waals surface area contributed by atoms with E-state index < -0.39 is 18.0 Å². The molecule has 1 unspecified atom stereocenters. The number of carbonyl (C=O) groups is 2. The molecule has 168 valence electrons. The summed E-state index contributed by atoms with van der Waals surface area (Å²) < 4.78 is 38.2. The molecule has 0 aliphatic carbocycles. The lowest BCUT2D eigenvalue weighted by molar-refractivity contribution is -0.116. The lowest BCUT2D eigenvalue weighted by Gasteiger charge is -2.29. The molecule has 2 aliphatic rings. The number of anilines is 2. The summed E-state index contributed by atoms with van der Waals surface area (Å²) in [4.78, 5) is 27.5. The largest absolute Gasteiger partial charge is 0.442 e. The third-order valence-corrected chi connectivity index (χ3v) is 5.27. The number of hydrogen-bond acceptors (Lipinski definition) is 5. The van der Waals surface area contributed by atoms with E-state index in [4.69, 9.17) is 9.47 Å². The van der Waals surface area contributed by atoms with Crippen molar-refractivity contribution in [3.05, 3.63) is 65.7 Å². The molecular formula is C23H23F2N3O4. The van der Waals surface area contributed by atoms with Gasteiger partial charge in [-0.2, -0.15) is 0 Å². The monoisotopic (exact) mass is 443 g/mol. The summed E-state index contributed by atoms with van der Waals surface area (Å²) >= 11 is 0. The van der Waals surface area contributed by atoms with Crippen molar-refractivity contribution in [2.45, 2.75) is 6.10 Å². The summed E-state index contributed by atoms with van der Waals surface area (Å²) in [5.41, 5.74) is 1.55. The van der Waals surface area contributed by atoms with E-state index in [0.717, 1.165) is 0 Å². The van der Waals surface area contributed by atoms with Crippen molar-refractivity contribution in [1.29, 1.82) is 0 Å². The van der Waals surface area contributed by atoms with Crippen molar-refractivity contribution in [2.75, 3.05) is 49.2 Å². The third-order valence-electron chi connectivity index (χ3n) is 5.27. The van der Waals surface area contributed by atoms with Crippen LogP contribution in [0.3, 0.4) is 0 Å². The smallest absolute Gasteiger partial charge is 0.414 e. The van der Waals surface area contributed by atoms with E-state index in [2.05, 4.69) is 5.32 Å². The molecule has 2 saturated heterocycles. The Morgan fingerprint density at radius 3 is 2.59 bits per heavy atom. The van der Waals surface area contributed by atoms with Gasteiger partial charge >= 0.3 is 6.09 Å². The van der Waals surface area contributed by atoms with Crippen LogP contribution in [0.2, 0.25) is 0 Å². The minimum Gasteiger partial charge on any atom is -0.442 e. The maximum absolute atomic E-state index is 14.7. The summed E-state index contributed by atoms with van der Waals surface area (Å²) in [6, 6.07) is 10.4. The molecule has 4 rings (SSSR count). The number of carbonyl (C=O) groups excluding carboxylic acids is 2. The van der Waals surface area contributed by atoms with Crippen LogP contribution in [0.1, 0.15) is 5.56 Å². The van der Waals surface area contributed by atoms with Crippen LogP contribution in [0.5, 0.6) is 0 Å². The van der Waals surface area contributed by atoms with E-state index in [-0.39, 0.29) is 24.8 Å². The van der Waals surface area contributed by atoms with Gasteiger partial charge < -0.3 is 19.7 Å². The van der Waals surface area contributed by atoms with E-state index in [9.17, 15) is 18.4 Å². The lowest BCUT2D eigenvalue weighted by Crippen LogP contribution is -2.36. The standard InChI is InChI=1S/C23H23F2N3O4/c24-17-4-1-16(2-5-17)3-8-22(29)26-14-19-15-28(23(30)32-19)18-6-7-21(20(25)13-18)27-9-11-31-12-10-27/h1-8,13,19H,9-12,14-15H2,(H,26,29). The number of amides is 2. The van der Waals surface area contributed by atoms with Gasteiger partial charge in [-0.05, 0) is 42.0 Å². The van der Waals surface area contributed by atoms with E-state index in [1.165, 1.54) is 29.2 Å². The number of cyclic esters (lactones) is 1. The molecule has 2 aromatic carbocycles. The number of morpholine rings is 1. The number of benzene rings is 2. The van der Waals surface area contributed by atoms with Gasteiger partial charge in [-0.25, -0.2) is 13.6 Å². The molecular weight excluding hydrogens is 420 g/mol. The first-order valence-corrected chi connectivity index (χ1v) is 10.3. The van der Waals surface area contributed by atoms with Gasteiger partial charge in [-0.3, -0.25) is 9.69 Å². The Hall–Kier alpha value is -3.46. The van der Waals surface area contributed by atoms with Crippen molar-refractivity contribution in [2.24, 2.45) is 0 Å². The Kier molecular flexibility index (Phi) is 6.65. The number of ether oxygens (including phenoxy) is 2.